The van der Waals surface area contributed by atoms with Crippen LogP contribution in [0.1, 0.15) is 6.23 Å². The molecular formula is C12H16F2N3O13P3S. The number of phosphoric ester groups is 1. The number of nitrogen functional groups attached to an aromatic ring is 1. The van der Waals surface area contributed by atoms with Crippen LogP contribution in [0.5, 0.6) is 0 Å². The zero-order chi connectivity index (χ0) is 26.1. The van der Waals surface area contributed by atoms with Crippen LogP contribution in [-0.2, 0) is 31.6 Å². The van der Waals surface area contributed by atoms with Gasteiger partial charge in [-0.25, -0.2) is 27.3 Å². The number of thiol groups is 1. The zero-order valence-electron chi connectivity index (χ0n) is 16.2. The van der Waals surface area contributed by atoms with Crippen molar-refractivity contribution >= 4 is 41.9 Å². The fourth-order valence-corrected chi connectivity index (χ4v) is 6.25. The van der Waals surface area contributed by atoms with E-state index in [1.165, 1.54) is 0 Å². The van der Waals surface area contributed by atoms with E-state index in [-0.39, 0.29) is 5.82 Å². The molecule has 0 bridgehead atoms. The van der Waals surface area contributed by atoms with Gasteiger partial charge in [-0.1, -0.05) is 11.8 Å². The van der Waals surface area contributed by atoms with E-state index < -0.39 is 65.4 Å². The fraction of sp³-hybridized carbons (Fsp3) is 0.500. The number of nitrogens with two attached hydrogens (primary N) is 1. The Labute approximate surface area is 193 Å². The van der Waals surface area contributed by atoms with Gasteiger partial charge in [0.15, 0.2) is 6.23 Å². The minimum absolute atomic E-state index is 0.268. The number of nitrogens with zero attached hydrogens (tertiary/aromatic N) is 2. The Morgan fingerprint density at radius 2 is 1.91 bits per heavy atom. The summed E-state index contributed by atoms with van der Waals surface area (Å²) in [5.74, 6) is 3.17. The highest BCUT2D eigenvalue weighted by molar-refractivity contribution is 7.81. The van der Waals surface area contributed by atoms with Gasteiger partial charge in [-0.05, 0) is 6.07 Å². The SMILES string of the molecule is Nc1ccn([C@@H]2O[C@H](C(S)OP(=O)(O)OP(=O)(O)OP(=O)(O)O)C(O)[C@]2(F)C#CCF)c(=O)n1. The van der Waals surface area contributed by atoms with Crippen LogP contribution in [0.25, 0.3) is 0 Å². The van der Waals surface area contributed by atoms with E-state index >= 15 is 4.39 Å². The van der Waals surface area contributed by atoms with Crippen LogP contribution in [0.2, 0.25) is 0 Å². The molecule has 2 heterocycles. The lowest BCUT2D eigenvalue weighted by Crippen LogP contribution is -2.45. The monoisotopic (exact) mass is 573 g/mol. The fourth-order valence-electron chi connectivity index (χ4n) is 2.60. The van der Waals surface area contributed by atoms with Gasteiger partial charge in [0.2, 0.25) is 5.67 Å². The predicted octanol–water partition coefficient (Wildman–Crippen LogP) is -0.636. The topological polar surface area (TPSA) is 250 Å². The van der Waals surface area contributed by atoms with Crippen LogP contribution in [0.4, 0.5) is 14.6 Å². The van der Waals surface area contributed by atoms with Gasteiger partial charge in [0, 0.05) is 6.20 Å². The van der Waals surface area contributed by atoms with Crippen molar-refractivity contribution in [3.05, 3.63) is 22.7 Å². The second-order valence-electron chi connectivity index (χ2n) is 6.23. The molecule has 1 fully saturated rings. The molecule has 0 spiro atoms. The van der Waals surface area contributed by atoms with Crippen molar-refractivity contribution in [3.8, 4) is 11.8 Å². The Kier molecular flexibility index (Phi) is 8.88. The van der Waals surface area contributed by atoms with Gasteiger partial charge in [-0.15, -0.1) is 12.6 Å². The average Bonchev–Trinajstić information content (AvgIpc) is 2.88. The van der Waals surface area contributed by atoms with Gasteiger partial charge < -0.3 is 35.2 Å². The Morgan fingerprint density at radius 1 is 1.29 bits per heavy atom. The first-order valence-electron chi connectivity index (χ1n) is 8.34. The first-order valence-corrected chi connectivity index (χ1v) is 13.4. The number of aromatic nitrogens is 2. The lowest BCUT2D eigenvalue weighted by molar-refractivity contribution is -0.0608. The molecule has 0 radical (unpaired) electrons. The molecule has 1 aromatic rings. The van der Waals surface area contributed by atoms with Gasteiger partial charge >= 0.3 is 29.2 Å². The number of halogens is 2. The number of alkyl halides is 2. The van der Waals surface area contributed by atoms with E-state index in [0.717, 1.165) is 12.3 Å². The Bertz CT molecular complexity index is 1190. The van der Waals surface area contributed by atoms with Gasteiger partial charge in [0.1, 0.15) is 30.1 Å². The van der Waals surface area contributed by atoms with Crippen LogP contribution in [-0.4, -0.2) is 64.2 Å². The van der Waals surface area contributed by atoms with E-state index in [2.05, 4.69) is 30.8 Å². The van der Waals surface area contributed by atoms with Crippen LogP contribution in [0.15, 0.2) is 17.1 Å². The number of hydrogen-bond donors (Lipinski definition) is 7. The summed E-state index contributed by atoms with van der Waals surface area (Å²) >= 11 is 3.68. The van der Waals surface area contributed by atoms with Crippen molar-refractivity contribution in [2.75, 3.05) is 12.4 Å². The van der Waals surface area contributed by atoms with E-state index in [0.29, 0.717) is 4.57 Å². The summed E-state index contributed by atoms with van der Waals surface area (Å²) in [5, 5.41) is 10.4. The number of anilines is 1. The maximum absolute atomic E-state index is 15.6. The summed E-state index contributed by atoms with van der Waals surface area (Å²) < 4.78 is 79.3. The first kappa shape index (κ1) is 29.0. The predicted molar refractivity (Wildman–Crippen MR) is 108 cm³/mol. The number of phosphoric acid groups is 3. The number of aliphatic hydroxyl groups is 1. The minimum Gasteiger partial charge on any atom is -0.386 e. The molecule has 0 amide bonds. The summed E-state index contributed by atoms with van der Waals surface area (Å²) in [7, 11) is -17.3. The van der Waals surface area contributed by atoms with Crippen LogP contribution >= 0.6 is 36.1 Å². The molecule has 0 aromatic carbocycles. The molecule has 192 valence electrons. The highest BCUT2D eigenvalue weighted by Crippen LogP contribution is 2.67. The molecule has 1 aliphatic heterocycles. The summed E-state index contributed by atoms with van der Waals surface area (Å²) in [4.78, 5) is 51.2. The van der Waals surface area contributed by atoms with E-state index in [1.54, 1.807) is 11.8 Å². The van der Waals surface area contributed by atoms with Crippen molar-refractivity contribution in [2.24, 2.45) is 0 Å². The summed E-state index contributed by atoms with van der Waals surface area (Å²) in [6.45, 7) is -1.38. The van der Waals surface area contributed by atoms with Gasteiger partial charge in [0.05, 0.1) is 0 Å². The highest BCUT2D eigenvalue weighted by atomic mass is 32.1. The molecule has 34 heavy (non-hydrogen) atoms. The van der Waals surface area contributed by atoms with Crippen molar-refractivity contribution in [3.63, 3.8) is 0 Å². The molecule has 22 heteroatoms. The lowest BCUT2D eigenvalue weighted by atomic mass is 9.96. The van der Waals surface area contributed by atoms with Crippen molar-refractivity contribution in [2.45, 2.75) is 29.5 Å². The van der Waals surface area contributed by atoms with Crippen molar-refractivity contribution in [1.29, 1.82) is 0 Å². The smallest absolute Gasteiger partial charge is 0.386 e. The van der Waals surface area contributed by atoms with Crippen molar-refractivity contribution in [1.82, 2.24) is 9.55 Å². The maximum Gasteiger partial charge on any atom is 0.490 e. The highest BCUT2D eigenvalue weighted by Gasteiger charge is 2.60. The number of hydrogen-bond acceptors (Lipinski definition) is 12. The molecule has 1 aliphatic rings. The zero-order valence-corrected chi connectivity index (χ0v) is 19.8. The lowest BCUT2D eigenvalue weighted by Gasteiger charge is -2.25. The van der Waals surface area contributed by atoms with E-state index in [9.17, 15) is 37.8 Å². The molecule has 7 atom stereocenters. The molecule has 7 N–H and O–H groups in total. The molecular weight excluding hydrogens is 557 g/mol. The van der Waals surface area contributed by atoms with E-state index in [1.807, 2.05) is 0 Å². The van der Waals surface area contributed by atoms with Crippen LogP contribution in [0, 0.1) is 11.8 Å². The van der Waals surface area contributed by atoms with Crippen molar-refractivity contribution < 1.29 is 65.0 Å². The number of aliphatic hydroxyl groups excluding tert-OH is 1. The van der Waals surface area contributed by atoms with Gasteiger partial charge in [0.25, 0.3) is 0 Å². The minimum atomic E-state index is -5.89. The van der Waals surface area contributed by atoms with Crippen LogP contribution < -0.4 is 11.4 Å². The summed E-state index contributed by atoms with van der Waals surface area (Å²) in [6, 6.07) is 1.04. The average molecular weight is 573 g/mol. The second kappa shape index (κ2) is 10.4. The number of rotatable bonds is 8. The molecule has 4 unspecified atom stereocenters. The third-order valence-electron chi connectivity index (χ3n) is 3.78. The molecule has 1 saturated heterocycles. The van der Waals surface area contributed by atoms with Crippen LogP contribution in [0.3, 0.4) is 0 Å². The Morgan fingerprint density at radius 3 is 2.44 bits per heavy atom. The first-order chi connectivity index (χ1) is 15.4. The van der Waals surface area contributed by atoms with Gasteiger partial charge in [-0.2, -0.15) is 13.6 Å². The quantitative estimate of drug-likeness (QED) is 0.0884. The third-order valence-corrected chi connectivity index (χ3v) is 8.16. The Balaban J connectivity index is 2.34. The Hall–Kier alpha value is -1.22. The van der Waals surface area contributed by atoms with Gasteiger partial charge in [-0.3, -0.25) is 9.09 Å². The molecule has 0 saturated carbocycles. The molecule has 16 nitrogen and oxygen atoms in total. The summed E-state index contributed by atoms with van der Waals surface area (Å²) in [5.41, 5.74) is -1.29. The molecule has 1 aromatic heterocycles. The summed E-state index contributed by atoms with van der Waals surface area (Å²) in [6.07, 6.45) is -5.78. The second-order valence-corrected chi connectivity index (χ2v) is 11.1. The number of ether oxygens (including phenoxy) is 1. The molecule has 2 rings (SSSR count). The largest absolute Gasteiger partial charge is 0.490 e. The standard InChI is InChI=1S/C12H16F2N3O13P3S/c13-4-1-3-12(14)8(18)7(27-10(12)17-5-2-6(15)16-11(17)19)9(34)28-32(23,24)30-33(25,26)29-31(20,21)22/h2,5,7-10,18,34H,4H2,(H,23,24)(H,25,26)(H2,15,16,19)(H2,20,21,22)/t7-,8?,9?,10+,12+/m0/s1. The third kappa shape index (κ3) is 7.15. The van der Waals surface area contributed by atoms with E-state index in [4.69, 9.17) is 20.3 Å². The normalized spacial score (nSPS) is 29.5. The maximum atomic E-state index is 15.6. The molecule has 0 aliphatic carbocycles.